The first-order chi connectivity index (χ1) is 7.94. The van der Waals surface area contributed by atoms with Crippen molar-refractivity contribution in [2.45, 2.75) is 57.0 Å². The van der Waals surface area contributed by atoms with Crippen LogP contribution in [0.2, 0.25) is 0 Å². The lowest BCUT2D eigenvalue weighted by Crippen LogP contribution is -2.35. The Morgan fingerprint density at radius 1 is 1.47 bits per heavy atom. The summed E-state index contributed by atoms with van der Waals surface area (Å²) < 4.78 is 33.3. The minimum Gasteiger partial charge on any atom is -0.459 e. The molecular weight excluding hydrogens is 244 g/mol. The molecule has 0 spiro atoms. The van der Waals surface area contributed by atoms with Gasteiger partial charge in [-0.25, -0.2) is 0 Å². The van der Waals surface area contributed by atoms with Crippen LogP contribution in [-0.4, -0.2) is 31.8 Å². The third kappa shape index (κ3) is 2.47. The molecule has 1 heterocycles. The molecule has 1 saturated heterocycles. The summed E-state index contributed by atoms with van der Waals surface area (Å²) in [7, 11) is -3.41. The number of hydrogen-bond donors (Lipinski definition) is 0. The molecule has 98 valence electrons. The second-order valence-corrected chi connectivity index (χ2v) is 6.69. The van der Waals surface area contributed by atoms with Crippen LogP contribution >= 0.6 is 0 Å². The number of fused-ring (bicyclic) bond motifs is 2. The van der Waals surface area contributed by atoms with Crippen molar-refractivity contribution in [1.82, 2.24) is 0 Å². The number of ether oxygens (including phenoxy) is 1. The van der Waals surface area contributed by atoms with Crippen molar-refractivity contribution < 1.29 is 22.1 Å². The molecule has 0 aromatic rings. The molecule has 1 aliphatic heterocycles. The second-order valence-electron chi connectivity index (χ2n) is 4.85. The van der Waals surface area contributed by atoms with Gasteiger partial charge in [0.25, 0.3) is 10.1 Å². The summed E-state index contributed by atoms with van der Waals surface area (Å²) in [5.74, 6) is -0.408. The average Bonchev–Trinajstić information content (AvgIpc) is 2.53. The van der Waals surface area contributed by atoms with Crippen LogP contribution in [0.4, 0.5) is 0 Å². The fourth-order valence-corrected chi connectivity index (χ4v) is 3.80. The highest BCUT2D eigenvalue weighted by Crippen LogP contribution is 2.37. The fraction of sp³-hybridized carbons (Fsp3) is 0.909. The van der Waals surface area contributed by atoms with Crippen molar-refractivity contribution in [2.24, 2.45) is 5.92 Å². The molecule has 0 N–H and O–H groups in total. The van der Waals surface area contributed by atoms with Gasteiger partial charge in [0.2, 0.25) is 0 Å². The van der Waals surface area contributed by atoms with E-state index >= 15 is 0 Å². The molecule has 1 aliphatic carbocycles. The SMILES string of the molecule is CCC(C)C(=O)OC1CCC2CC1OS2(=O)=O. The fourth-order valence-electron chi connectivity index (χ4n) is 2.25. The van der Waals surface area contributed by atoms with Crippen molar-refractivity contribution in [2.75, 3.05) is 0 Å². The summed E-state index contributed by atoms with van der Waals surface area (Å²) in [6.45, 7) is 3.72. The van der Waals surface area contributed by atoms with Gasteiger partial charge in [-0.05, 0) is 25.7 Å². The first-order valence-electron chi connectivity index (χ1n) is 6.06. The van der Waals surface area contributed by atoms with E-state index in [1.54, 1.807) is 6.92 Å². The minimum atomic E-state index is -3.41. The highest BCUT2D eigenvalue weighted by Gasteiger charge is 2.48. The molecule has 1 saturated carbocycles. The van der Waals surface area contributed by atoms with Crippen LogP contribution in [-0.2, 0) is 23.8 Å². The van der Waals surface area contributed by atoms with Crippen LogP contribution in [0.3, 0.4) is 0 Å². The van der Waals surface area contributed by atoms with Crippen LogP contribution in [0.1, 0.15) is 39.5 Å². The smallest absolute Gasteiger partial charge is 0.309 e. The monoisotopic (exact) mass is 262 g/mol. The van der Waals surface area contributed by atoms with Gasteiger partial charge in [0, 0.05) is 0 Å². The van der Waals surface area contributed by atoms with Crippen LogP contribution in [0.15, 0.2) is 0 Å². The lowest BCUT2D eigenvalue weighted by molar-refractivity contribution is -0.159. The third-order valence-corrected chi connectivity index (χ3v) is 5.39. The normalized spacial score (nSPS) is 36.5. The van der Waals surface area contributed by atoms with Gasteiger partial charge in [-0.1, -0.05) is 13.8 Å². The molecular formula is C11H18O5S. The first kappa shape index (κ1) is 12.8. The standard InChI is InChI=1S/C11H18O5S/c1-3-7(2)11(12)15-9-5-4-8-6-10(9)16-17(8,13)14/h7-10H,3-6H2,1-2H3. The van der Waals surface area contributed by atoms with Gasteiger partial charge < -0.3 is 4.74 Å². The summed E-state index contributed by atoms with van der Waals surface area (Å²) >= 11 is 0. The van der Waals surface area contributed by atoms with E-state index in [1.807, 2.05) is 6.92 Å². The molecule has 17 heavy (non-hydrogen) atoms. The molecule has 2 aliphatic rings. The molecule has 4 unspecified atom stereocenters. The van der Waals surface area contributed by atoms with Gasteiger partial charge in [0.1, 0.15) is 12.2 Å². The Labute approximate surface area is 102 Å². The van der Waals surface area contributed by atoms with Gasteiger partial charge in [-0.15, -0.1) is 0 Å². The number of rotatable bonds is 3. The highest BCUT2D eigenvalue weighted by molar-refractivity contribution is 7.87. The zero-order chi connectivity index (χ0) is 12.6. The summed E-state index contributed by atoms with van der Waals surface area (Å²) in [5.41, 5.74) is 0. The van der Waals surface area contributed by atoms with Crippen LogP contribution in [0.25, 0.3) is 0 Å². The minimum absolute atomic E-state index is 0.147. The number of hydrogen-bond acceptors (Lipinski definition) is 5. The van der Waals surface area contributed by atoms with Crippen LogP contribution in [0.5, 0.6) is 0 Å². The number of esters is 1. The van der Waals surface area contributed by atoms with Gasteiger partial charge >= 0.3 is 5.97 Å². The summed E-state index contributed by atoms with van der Waals surface area (Å²) in [5, 5.41) is -0.397. The predicted molar refractivity (Wildman–Crippen MR) is 60.8 cm³/mol. The van der Waals surface area contributed by atoms with E-state index in [2.05, 4.69) is 0 Å². The van der Waals surface area contributed by atoms with Crippen LogP contribution in [0, 0.1) is 5.92 Å². The molecule has 5 nitrogen and oxygen atoms in total. The Kier molecular flexibility index (Phi) is 3.45. The quantitative estimate of drug-likeness (QED) is 0.565. The summed E-state index contributed by atoms with van der Waals surface area (Å²) in [4.78, 5) is 11.7. The Balaban J connectivity index is 1.99. The molecule has 0 aromatic carbocycles. The van der Waals surface area contributed by atoms with Crippen molar-refractivity contribution in [3.63, 3.8) is 0 Å². The molecule has 2 fully saturated rings. The van der Waals surface area contributed by atoms with Crippen molar-refractivity contribution >= 4 is 16.1 Å². The highest BCUT2D eigenvalue weighted by atomic mass is 32.2. The predicted octanol–water partition coefficient (Wildman–Crippen LogP) is 1.23. The van der Waals surface area contributed by atoms with Gasteiger partial charge in [-0.3, -0.25) is 8.98 Å². The zero-order valence-corrected chi connectivity index (χ0v) is 10.9. The topological polar surface area (TPSA) is 69.7 Å². The maximum Gasteiger partial charge on any atom is 0.309 e. The third-order valence-electron chi connectivity index (χ3n) is 3.63. The van der Waals surface area contributed by atoms with Gasteiger partial charge in [0.05, 0.1) is 11.2 Å². The van der Waals surface area contributed by atoms with E-state index in [-0.39, 0.29) is 11.9 Å². The number of carbonyl (C=O) groups is 1. The Morgan fingerprint density at radius 3 is 2.82 bits per heavy atom. The molecule has 4 atom stereocenters. The van der Waals surface area contributed by atoms with Crippen molar-refractivity contribution in [1.29, 1.82) is 0 Å². The maximum atomic E-state index is 11.7. The Bertz CT molecular complexity index is 402. The lowest BCUT2D eigenvalue weighted by Gasteiger charge is -2.26. The van der Waals surface area contributed by atoms with Crippen molar-refractivity contribution in [3.8, 4) is 0 Å². The Hall–Kier alpha value is -0.620. The summed E-state index contributed by atoms with van der Waals surface area (Å²) in [6.07, 6.45) is 1.42. The maximum absolute atomic E-state index is 11.7. The number of carbonyl (C=O) groups excluding carboxylic acids is 1. The summed E-state index contributed by atoms with van der Waals surface area (Å²) in [6, 6.07) is 0. The van der Waals surface area contributed by atoms with E-state index in [4.69, 9.17) is 8.92 Å². The zero-order valence-electron chi connectivity index (χ0n) is 10.1. The molecule has 2 bridgehead atoms. The first-order valence-corrected chi connectivity index (χ1v) is 7.53. The van der Waals surface area contributed by atoms with E-state index in [0.29, 0.717) is 19.3 Å². The molecule has 0 amide bonds. The van der Waals surface area contributed by atoms with Gasteiger partial charge in [-0.2, -0.15) is 8.42 Å². The molecule has 0 aromatic heterocycles. The average molecular weight is 262 g/mol. The van der Waals surface area contributed by atoms with E-state index in [9.17, 15) is 13.2 Å². The Morgan fingerprint density at radius 2 is 2.18 bits per heavy atom. The molecule has 2 rings (SSSR count). The molecule has 0 radical (unpaired) electrons. The van der Waals surface area contributed by atoms with E-state index < -0.39 is 27.6 Å². The van der Waals surface area contributed by atoms with Crippen LogP contribution < -0.4 is 0 Å². The van der Waals surface area contributed by atoms with Gasteiger partial charge in [0.15, 0.2) is 0 Å². The lowest BCUT2D eigenvalue weighted by atomic mass is 9.94. The largest absolute Gasteiger partial charge is 0.459 e. The van der Waals surface area contributed by atoms with E-state index in [1.165, 1.54) is 0 Å². The molecule has 6 heteroatoms. The second kappa shape index (κ2) is 4.57. The van der Waals surface area contributed by atoms with Crippen molar-refractivity contribution in [3.05, 3.63) is 0 Å². The van der Waals surface area contributed by atoms with E-state index in [0.717, 1.165) is 6.42 Å².